The predicted molar refractivity (Wildman–Crippen MR) is 64.9 cm³/mol. The third-order valence-corrected chi connectivity index (χ3v) is 4.38. The van der Waals surface area contributed by atoms with Gasteiger partial charge in [-0.1, -0.05) is 12.8 Å². The molecule has 94 valence electrons. The Morgan fingerprint density at radius 3 is 2.47 bits per heavy atom. The highest BCUT2D eigenvalue weighted by Gasteiger charge is 2.39. The summed E-state index contributed by atoms with van der Waals surface area (Å²) in [5.41, 5.74) is 5.11. The summed E-state index contributed by atoms with van der Waals surface area (Å²) in [6, 6.07) is 0.943. The average Bonchev–Trinajstić information content (AvgIpc) is 2.76. The van der Waals surface area contributed by atoms with Gasteiger partial charge >= 0.3 is 0 Å². The third-order valence-electron chi connectivity index (χ3n) is 3.62. The molecule has 2 rings (SSSR count). The molecule has 0 bridgehead atoms. The summed E-state index contributed by atoms with van der Waals surface area (Å²) in [5, 5.41) is 9.35. The van der Waals surface area contributed by atoms with E-state index in [2.05, 4.69) is 15.9 Å². The Morgan fingerprint density at radius 2 is 1.94 bits per heavy atom. The topological polar surface area (TPSA) is 46.2 Å². The molecular formula is C12H14BrF2NO. The van der Waals surface area contributed by atoms with E-state index in [0.717, 1.165) is 18.9 Å². The van der Waals surface area contributed by atoms with Crippen molar-refractivity contribution in [3.8, 4) is 5.75 Å². The average molecular weight is 306 g/mol. The molecule has 0 radical (unpaired) electrons. The van der Waals surface area contributed by atoms with Crippen molar-refractivity contribution in [2.45, 2.75) is 31.1 Å². The van der Waals surface area contributed by atoms with Gasteiger partial charge in [0.1, 0.15) is 17.4 Å². The summed E-state index contributed by atoms with van der Waals surface area (Å²) in [6.45, 7) is 0.220. The van der Waals surface area contributed by atoms with Crippen molar-refractivity contribution in [1.29, 1.82) is 0 Å². The summed E-state index contributed by atoms with van der Waals surface area (Å²) >= 11 is 2.93. The summed E-state index contributed by atoms with van der Waals surface area (Å²) in [4.78, 5) is 0. The number of hydrogen-bond donors (Lipinski definition) is 2. The van der Waals surface area contributed by atoms with E-state index in [1.165, 1.54) is 0 Å². The van der Waals surface area contributed by atoms with Gasteiger partial charge in [-0.3, -0.25) is 0 Å². The van der Waals surface area contributed by atoms with Crippen LogP contribution < -0.4 is 5.73 Å². The largest absolute Gasteiger partial charge is 0.507 e. The minimum Gasteiger partial charge on any atom is -0.507 e. The first-order valence-corrected chi connectivity index (χ1v) is 6.38. The van der Waals surface area contributed by atoms with E-state index < -0.39 is 22.8 Å². The van der Waals surface area contributed by atoms with Gasteiger partial charge in [-0.2, -0.15) is 0 Å². The molecular weight excluding hydrogens is 292 g/mol. The van der Waals surface area contributed by atoms with Crippen molar-refractivity contribution >= 4 is 15.9 Å². The molecule has 0 aromatic heterocycles. The molecule has 0 unspecified atom stereocenters. The van der Waals surface area contributed by atoms with E-state index in [1.54, 1.807) is 0 Å². The van der Waals surface area contributed by atoms with Crippen LogP contribution in [-0.4, -0.2) is 11.7 Å². The van der Waals surface area contributed by atoms with E-state index in [4.69, 9.17) is 5.73 Å². The quantitative estimate of drug-likeness (QED) is 0.824. The van der Waals surface area contributed by atoms with Crippen LogP contribution in [0.1, 0.15) is 31.2 Å². The number of phenolic OH excluding ortho intramolecular Hbond substituents is 1. The summed E-state index contributed by atoms with van der Waals surface area (Å²) < 4.78 is 27.9. The van der Waals surface area contributed by atoms with Gasteiger partial charge < -0.3 is 10.8 Å². The van der Waals surface area contributed by atoms with Gasteiger partial charge in [-0.25, -0.2) is 8.78 Å². The van der Waals surface area contributed by atoms with Crippen LogP contribution in [-0.2, 0) is 5.41 Å². The van der Waals surface area contributed by atoms with Gasteiger partial charge in [0, 0.05) is 23.6 Å². The van der Waals surface area contributed by atoms with Crippen molar-refractivity contribution in [1.82, 2.24) is 0 Å². The van der Waals surface area contributed by atoms with Gasteiger partial charge in [0.25, 0.3) is 0 Å². The number of halogens is 3. The fourth-order valence-corrected chi connectivity index (χ4v) is 2.99. The zero-order chi connectivity index (χ0) is 12.6. The van der Waals surface area contributed by atoms with E-state index in [9.17, 15) is 13.9 Å². The molecule has 2 nitrogen and oxygen atoms in total. The molecule has 0 spiro atoms. The Morgan fingerprint density at radius 1 is 1.35 bits per heavy atom. The highest BCUT2D eigenvalue weighted by Crippen LogP contribution is 2.45. The third kappa shape index (κ3) is 1.95. The number of rotatable bonds is 2. The summed E-state index contributed by atoms with van der Waals surface area (Å²) in [5.74, 6) is -1.86. The molecule has 1 aliphatic rings. The predicted octanol–water partition coefficient (Wildman–Crippen LogP) is 3.20. The first-order chi connectivity index (χ1) is 8.02. The van der Waals surface area contributed by atoms with Crippen molar-refractivity contribution in [3.05, 3.63) is 27.7 Å². The smallest absolute Gasteiger partial charge is 0.147 e. The zero-order valence-corrected chi connectivity index (χ0v) is 10.9. The number of nitrogens with two attached hydrogens (primary N) is 1. The van der Waals surface area contributed by atoms with Crippen molar-refractivity contribution in [2.24, 2.45) is 5.73 Å². The number of phenols is 1. The van der Waals surface area contributed by atoms with Crippen molar-refractivity contribution in [3.63, 3.8) is 0 Å². The summed E-state index contributed by atoms with van der Waals surface area (Å²) in [6.07, 6.45) is 3.23. The van der Waals surface area contributed by atoms with Gasteiger partial charge in [0.15, 0.2) is 0 Å². The molecule has 1 fully saturated rings. The Bertz CT molecular complexity index is 445. The minimum atomic E-state index is -0.727. The zero-order valence-electron chi connectivity index (χ0n) is 9.27. The summed E-state index contributed by atoms with van der Waals surface area (Å²) in [7, 11) is 0. The van der Waals surface area contributed by atoms with E-state index in [1.807, 2.05) is 0 Å². The van der Waals surface area contributed by atoms with Crippen LogP contribution in [0.2, 0.25) is 0 Å². The lowest BCUT2D eigenvalue weighted by molar-refractivity contribution is 0.389. The van der Waals surface area contributed by atoms with E-state index in [-0.39, 0.29) is 16.6 Å². The van der Waals surface area contributed by atoms with Gasteiger partial charge in [-0.15, -0.1) is 0 Å². The maximum Gasteiger partial charge on any atom is 0.147 e. The van der Waals surface area contributed by atoms with Crippen LogP contribution in [0.3, 0.4) is 0 Å². The van der Waals surface area contributed by atoms with Crippen LogP contribution in [0.4, 0.5) is 8.78 Å². The van der Waals surface area contributed by atoms with Crippen LogP contribution >= 0.6 is 15.9 Å². The van der Waals surface area contributed by atoms with Crippen molar-refractivity contribution in [2.75, 3.05) is 6.54 Å². The van der Waals surface area contributed by atoms with Crippen molar-refractivity contribution < 1.29 is 13.9 Å². The van der Waals surface area contributed by atoms with E-state index in [0.29, 0.717) is 12.8 Å². The fraction of sp³-hybridized carbons (Fsp3) is 0.500. The van der Waals surface area contributed by atoms with E-state index >= 15 is 0 Å². The normalized spacial score (nSPS) is 18.6. The molecule has 0 atom stereocenters. The molecule has 3 N–H and O–H groups in total. The first kappa shape index (κ1) is 12.8. The van der Waals surface area contributed by atoms with Crippen LogP contribution in [0, 0.1) is 11.6 Å². The first-order valence-electron chi connectivity index (χ1n) is 5.59. The van der Waals surface area contributed by atoms with Gasteiger partial charge in [-0.05, 0) is 28.8 Å². The lowest BCUT2D eigenvalue weighted by atomic mass is 9.78. The number of hydrogen-bond acceptors (Lipinski definition) is 2. The molecule has 1 aromatic carbocycles. The second kappa shape index (κ2) is 4.53. The standard InChI is InChI=1S/C12H14BrF2NO/c13-10-8(17)5-7(14)9(11(10)15)12(6-16)3-1-2-4-12/h5,17H,1-4,6,16H2. The molecule has 0 heterocycles. The Kier molecular flexibility index (Phi) is 3.41. The molecule has 0 aliphatic heterocycles. The molecule has 5 heteroatoms. The minimum absolute atomic E-state index is 0.0159. The lowest BCUT2D eigenvalue weighted by Gasteiger charge is -2.29. The van der Waals surface area contributed by atoms with Crippen LogP contribution in [0.15, 0.2) is 10.5 Å². The molecule has 1 saturated carbocycles. The second-order valence-corrected chi connectivity index (χ2v) is 5.37. The Labute approximate surface area is 107 Å². The van der Waals surface area contributed by atoms with Gasteiger partial charge in [0.2, 0.25) is 0 Å². The van der Waals surface area contributed by atoms with Crippen LogP contribution in [0.5, 0.6) is 5.75 Å². The highest BCUT2D eigenvalue weighted by atomic mass is 79.9. The maximum atomic E-state index is 14.1. The molecule has 0 saturated heterocycles. The molecule has 17 heavy (non-hydrogen) atoms. The lowest BCUT2D eigenvalue weighted by Crippen LogP contribution is -2.34. The number of benzene rings is 1. The Hall–Kier alpha value is -0.680. The Balaban J connectivity index is 2.62. The second-order valence-electron chi connectivity index (χ2n) is 4.57. The molecule has 1 aromatic rings. The van der Waals surface area contributed by atoms with Gasteiger partial charge in [0.05, 0.1) is 4.47 Å². The fourth-order valence-electron chi connectivity index (χ4n) is 2.68. The number of aromatic hydroxyl groups is 1. The monoisotopic (exact) mass is 305 g/mol. The van der Waals surface area contributed by atoms with Crippen LogP contribution in [0.25, 0.3) is 0 Å². The maximum absolute atomic E-state index is 14.1. The molecule has 0 amide bonds. The molecule has 1 aliphatic carbocycles. The SMILES string of the molecule is NCC1(c2c(F)cc(O)c(Br)c2F)CCCC1. The highest BCUT2D eigenvalue weighted by molar-refractivity contribution is 9.10.